The smallest absolute Gasteiger partial charge is 0.265 e. The Labute approximate surface area is 119 Å². The summed E-state index contributed by atoms with van der Waals surface area (Å²) >= 11 is 11.2. The number of aromatic nitrogens is 3. The van der Waals surface area contributed by atoms with Crippen molar-refractivity contribution >= 4 is 38.9 Å². The highest BCUT2D eigenvalue weighted by molar-refractivity contribution is 7.92. The molecule has 0 saturated heterocycles. The number of rotatable bonds is 3. The molecule has 0 bridgehead atoms. The van der Waals surface area contributed by atoms with Gasteiger partial charge in [0.1, 0.15) is 10.0 Å². The van der Waals surface area contributed by atoms with Crippen LogP contribution in [0, 0.1) is 6.92 Å². The fourth-order valence-electron chi connectivity index (χ4n) is 1.27. The van der Waals surface area contributed by atoms with Gasteiger partial charge in [0.2, 0.25) is 5.28 Å². The molecule has 0 amide bonds. The molecular formula is C10H8Cl2N4O2S. The number of sulfonamides is 1. The van der Waals surface area contributed by atoms with E-state index >= 15 is 0 Å². The summed E-state index contributed by atoms with van der Waals surface area (Å²) in [4.78, 5) is 11.0. The molecule has 9 heteroatoms. The zero-order chi connectivity index (χ0) is 14.0. The van der Waals surface area contributed by atoms with E-state index in [0.717, 1.165) is 12.4 Å². The largest absolute Gasteiger partial charge is 0.278 e. The van der Waals surface area contributed by atoms with Crippen LogP contribution in [0.1, 0.15) is 5.56 Å². The fraction of sp³-hybridized carbons (Fsp3) is 0.100. The average molecular weight is 319 g/mol. The minimum Gasteiger partial charge on any atom is -0.278 e. The van der Waals surface area contributed by atoms with Gasteiger partial charge in [-0.2, -0.15) is 0 Å². The normalized spacial score (nSPS) is 11.3. The first kappa shape index (κ1) is 14.0. The second-order valence-electron chi connectivity index (χ2n) is 3.62. The number of pyridine rings is 1. The van der Waals surface area contributed by atoms with Crippen molar-refractivity contribution in [2.45, 2.75) is 11.8 Å². The van der Waals surface area contributed by atoms with Gasteiger partial charge in [0, 0.05) is 0 Å². The van der Waals surface area contributed by atoms with Crippen LogP contribution >= 0.6 is 23.2 Å². The van der Waals surface area contributed by atoms with E-state index in [-0.39, 0.29) is 15.3 Å². The second kappa shape index (κ2) is 5.28. The third-order valence-corrected chi connectivity index (χ3v) is 3.95. The molecule has 0 unspecified atom stereocenters. The van der Waals surface area contributed by atoms with Gasteiger partial charge in [0.25, 0.3) is 10.0 Å². The molecule has 0 aliphatic heterocycles. The van der Waals surface area contributed by atoms with Crippen molar-refractivity contribution in [1.82, 2.24) is 15.0 Å². The molecule has 0 radical (unpaired) electrons. The molecule has 0 atom stereocenters. The summed E-state index contributed by atoms with van der Waals surface area (Å²) in [7, 11) is -3.78. The highest BCUT2D eigenvalue weighted by atomic mass is 35.5. The Morgan fingerprint density at radius 3 is 2.32 bits per heavy atom. The molecule has 1 N–H and O–H groups in total. The standard InChI is InChI=1S/C10H8Cl2N4O2S/c1-6-2-9(11)13-5-8(6)16-19(17,18)7-3-14-10(12)15-4-7/h2-5,16H,1H3. The van der Waals surface area contributed by atoms with Gasteiger partial charge in [-0.15, -0.1) is 0 Å². The lowest BCUT2D eigenvalue weighted by molar-refractivity contribution is 0.600. The van der Waals surface area contributed by atoms with E-state index in [1.165, 1.54) is 6.20 Å². The van der Waals surface area contributed by atoms with Gasteiger partial charge in [0.15, 0.2) is 0 Å². The van der Waals surface area contributed by atoms with Crippen molar-refractivity contribution in [3.8, 4) is 0 Å². The number of nitrogens with zero attached hydrogens (tertiary/aromatic N) is 3. The van der Waals surface area contributed by atoms with Crippen LogP contribution in [-0.4, -0.2) is 23.4 Å². The first-order valence-corrected chi connectivity index (χ1v) is 7.25. The maximum Gasteiger partial charge on any atom is 0.265 e. The minimum atomic E-state index is -3.78. The molecule has 2 heterocycles. The quantitative estimate of drug-likeness (QED) is 0.693. The molecule has 0 spiro atoms. The first-order chi connectivity index (χ1) is 8.88. The van der Waals surface area contributed by atoms with E-state index in [1.807, 2.05) is 0 Å². The van der Waals surface area contributed by atoms with Crippen LogP contribution in [0.2, 0.25) is 10.4 Å². The highest BCUT2D eigenvalue weighted by Crippen LogP contribution is 2.20. The summed E-state index contributed by atoms with van der Waals surface area (Å²) in [6.45, 7) is 1.71. The number of hydrogen-bond acceptors (Lipinski definition) is 5. The molecular weight excluding hydrogens is 311 g/mol. The van der Waals surface area contributed by atoms with Crippen LogP contribution in [0.3, 0.4) is 0 Å². The topological polar surface area (TPSA) is 84.8 Å². The van der Waals surface area contributed by atoms with E-state index < -0.39 is 10.0 Å². The molecule has 2 rings (SSSR count). The Bertz CT molecular complexity index is 704. The van der Waals surface area contributed by atoms with E-state index in [4.69, 9.17) is 23.2 Å². The second-order valence-corrected chi connectivity index (χ2v) is 6.02. The monoisotopic (exact) mass is 318 g/mol. The SMILES string of the molecule is Cc1cc(Cl)ncc1NS(=O)(=O)c1cnc(Cl)nc1. The van der Waals surface area contributed by atoms with Crippen LogP contribution in [0.4, 0.5) is 5.69 Å². The average Bonchev–Trinajstić information content (AvgIpc) is 2.33. The zero-order valence-electron chi connectivity index (χ0n) is 9.63. The summed E-state index contributed by atoms with van der Waals surface area (Å²) in [6.07, 6.45) is 3.58. The molecule has 0 aromatic carbocycles. The lowest BCUT2D eigenvalue weighted by atomic mass is 10.3. The van der Waals surface area contributed by atoms with Gasteiger partial charge < -0.3 is 0 Å². The summed E-state index contributed by atoms with van der Waals surface area (Å²) in [6, 6.07) is 1.55. The summed E-state index contributed by atoms with van der Waals surface area (Å²) in [5.74, 6) is 0. The van der Waals surface area contributed by atoms with E-state index in [0.29, 0.717) is 11.3 Å². The maximum atomic E-state index is 12.1. The zero-order valence-corrected chi connectivity index (χ0v) is 12.0. The third-order valence-electron chi connectivity index (χ3n) is 2.23. The minimum absolute atomic E-state index is 0.0247. The summed E-state index contributed by atoms with van der Waals surface area (Å²) < 4.78 is 26.5. The molecule has 0 fully saturated rings. The van der Waals surface area contributed by atoms with E-state index in [1.54, 1.807) is 13.0 Å². The van der Waals surface area contributed by atoms with Crippen molar-refractivity contribution in [3.63, 3.8) is 0 Å². The molecule has 2 aromatic rings. The van der Waals surface area contributed by atoms with Crippen molar-refractivity contribution < 1.29 is 8.42 Å². The predicted octanol–water partition coefficient (Wildman–Crippen LogP) is 2.29. The number of hydrogen-bond donors (Lipinski definition) is 1. The molecule has 0 aliphatic rings. The molecule has 0 saturated carbocycles. The lowest BCUT2D eigenvalue weighted by Gasteiger charge is -2.09. The Balaban J connectivity index is 2.33. The Hall–Kier alpha value is -1.44. The summed E-state index contributed by atoms with van der Waals surface area (Å²) in [5, 5.41) is 0.263. The Morgan fingerprint density at radius 2 is 1.74 bits per heavy atom. The van der Waals surface area contributed by atoms with Gasteiger partial charge in [-0.25, -0.2) is 23.4 Å². The molecule has 100 valence electrons. The van der Waals surface area contributed by atoms with Crippen LogP contribution in [-0.2, 0) is 10.0 Å². The predicted molar refractivity (Wildman–Crippen MR) is 71.8 cm³/mol. The molecule has 2 aromatic heterocycles. The van der Waals surface area contributed by atoms with E-state index in [2.05, 4.69) is 19.7 Å². The maximum absolute atomic E-state index is 12.1. The van der Waals surface area contributed by atoms with Crippen molar-refractivity contribution in [2.75, 3.05) is 4.72 Å². The van der Waals surface area contributed by atoms with Crippen LogP contribution in [0.15, 0.2) is 29.6 Å². The number of halogens is 2. The van der Waals surface area contributed by atoms with Gasteiger partial charge in [-0.1, -0.05) is 11.6 Å². The van der Waals surface area contributed by atoms with E-state index in [9.17, 15) is 8.42 Å². The van der Waals surface area contributed by atoms with Gasteiger partial charge >= 0.3 is 0 Å². The molecule has 6 nitrogen and oxygen atoms in total. The van der Waals surface area contributed by atoms with Crippen LogP contribution in [0.5, 0.6) is 0 Å². The molecule has 0 aliphatic carbocycles. The highest BCUT2D eigenvalue weighted by Gasteiger charge is 2.16. The Kier molecular flexibility index (Phi) is 3.88. The Morgan fingerprint density at radius 1 is 1.11 bits per heavy atom. The van der Waals surface area contributed by atoms with Crippen molar-refractivity contribution in [2.24, 2.45) is 0 Å². The first-order valence-electron chi connectivity index (χ1n) is 5.01. The molecule has 19 heavy (non-hydrogen) atoms. The van der Waals surface area contributed by atoms with Crippen molar-refractivity contribution in [3.05, 3.63) is 40.7 Å². The van der Waals surface area contributed by atoms with Crippen LogP contribution < -0.4 is 4.72 Å². The lowest BCUT2D eigenvalue weighted by Crippen LogP contribution is -2.14. The van der Waals surface area contributed by atoms with Gasteiger partial charge in [-0.3, -0.25) is 4.72 Å². The number of nitrogens with one attached hydrogen (secondary N) is 1. The van der Waals surface area contributed by atoms with Gasteiger partial charge in [0.05, 0.1) is 24.3 Å². The van der Waals surface area contributed by atoms with Crippen molar-refractivity contribution in [1.29, 1.82) is 0 Å². The van der Waals surface area contributed by atoms with Gasteiger partial charge in [-0.05, 0) is 30.2 Å². The number of anilines is 1. The van der Waals surface area contributed by atoms with Crippen LogP contribution in [0.25, 0.3) is 0 Å². The third kappa shape index (κ3) is 3.31. The fourth-order valence-corrected chi connectivity index (χ4v) is 2.59. The number of aryl methyl sites for hydroxylation is 1. The summed E-state index contributed by atoms with van der Waals surface area (Å²) in [5.41, 5.74) is 0.984.